The van der Waals surface area contributed by atoms with Gasteiger partial charge in [0, 0.05) is 42.3 Å². The number of nitrogens with zero attached hydrogens (tertiary/aromatic N) is 1. The summed E-state index contributed by atoms with van der Waals surface area (Å²) in [5.41, 5.74) is -0.318. The largest absolute Gasteiger partial charge is 0.458 e. The number of carbonyl (C=O) groups is 3. The number of nitrogens with one attached hydrogen (secondary N) is 2. The van der Waals surface area contributed by atoms with Gasteiger partial charge in [0.25, 0.3) is 0 Å². The molecule has 2 unspecified atom stereocenters. The molecule has 0 radical (unpaired) electrons. The Balaban J connectivity index is 1.46. The molecule has 0 spiro atoms. The Kier molecular flexibility index (Phi) is 11.2. The molecule has 5 rings (SSSR count). The number of fused-ring (bicyclic) bond motifs is 4. The molecule has 6 atom stereocenters. The Morgan fingerprint density at radius 1 is 1.02 bits per heavy atom. The van der Waals surface area contributed by atoms with Crippen molar-refractivity contribution in [2.75, 3.05) is 19.7 Å². The number of hydrogen-bond acceptors (Lipinski definition) is 9. The van der Waals surface area contributed by atoms with Crippen LogP contribution in [-0.2, 0) is 40.0 Å². The van der Waals surface area contributed by atoms with E-state index in [0.29, 0.717) is 0 Å². The van der Waals surface area contributed by atoms with Crippen LogP contribution >= 0.6 is 22.6 Å². The van der Waals surface area contributed by atoms with Crippen molar-refractivity contribution in [3.63, 3.8) is 0 Å². The molecule has 244 valence electrons. The quantitative estimate of drug-likeness (QED) is 0.133. The van der Waals surface area contributed by atoms with Crippen LogP contribution in [0.3, 0.4) is 0 Å². The first-order chi connectivity index (χ1) is 21.3. The topological polar surface area (TPSA) is 136 Å². The number of esters is 1. The number of amides is 2. The molecule has 44 heavy (non-hydrogen) atoms. The van der Waals surface area contributed by atoms with Gasteiger partial charge < -0.3 is 30.0 Å². The van der Waals surface area contributed by atoms with E-state index in [1.54, 1.807) is 5.06 Å². The fourth-order valence-electron chi connectivity index (χ4n) is 7.23. The fourth-order valence-corrected chi connectivity index (χ4v) is 7.79. The van der Waals surface area contributed by atoms with Crippen molar-refractivity contribution in [3.8, 4) is 0 Å². The Morgan fingerprint density at radius 2 is 1.73 bits per heavy atom. The van der Waals surface area contributed by atoms with Crippen molar-refractivity contribution in [1.82, 2.24) is 15.7 Å². The van der Waals surface area contributed by atoms with Crippen LogP contribution in [0.25, 0.3) is 0 Å². The zero-order valence-corrected chi connectivity index (χ0v) is 27.9. The summed E-state index contributed by atoms with van der Waals surface area (Å²) in [5, 5.41) is 16.1. The third-order valence-electron chi connectivity index (χ3n) is 9.35. The highest BCUT2D eigenvalue weighted by Gasteiger charge is 2.76. The molecule has 2 amide bonds. The molecular weight excluding hydrogens is 681 g/mol. The van der Waals surface area contributed by atoms with Gasteiger partial charge in [0.05, 0.1) is 13.2 Å². The summed E-state index contributed by atoms with van der Waals surface area (Å²) in [4.78, 5) is 46.9. The second-order valence-corrected chi connectivity index (χ2v) is 13.5. The number of halogens is 1. The first-order valence-corrected chi connectivity index (χ1v) is 17.2. The van der Waals surface area contributed by atoms with Gasteiger partial charge in [-0.1, -0.05) is 57.7 Å². The number of hydroxylamine groups is 2. The molecule has 0 aromatic heterocycles. The molecule has 1 aliphatic carbocycles. The van der Waals surface area contributed by atoms with Crippen LogP contribution in [0, 0.1) is 8.99 Å². The zero-order valence-electron chi connectivity index (χ0n) is 25.7. The van der Waals surface area contributed by atoms with Crippen molar-refractivity contribution in [3.05, 3.63) is 33.4 Å². The number of hydrogen-bond donors (Lipinski definition) is 3. The number of carbonyl (C=O) groups excluding carboxylic acids is 3. The molecule has 12 heteroatoms. The average molecular weight is 728 g/mol. The number of unbranched alkanes of at least 4 members (excludes halogenated alkanes) is 4. The Hall–Kier alpha value is -1.84. The predicted octanol–water partition coefficient (Wildman–Crippen LogP) is 3.35. The van der Waals surface area contributed by atoms with Crippen molar-refractivity contribution < 1.29 is 38.5 Å². The highest BCUT2D eigenvalue weighted by atomic mass is 127. The molecule has 4 aliphatic rings. The number of rotatable bonds is 16. The zero-order chi connectivity index (χ0) is 31.3. The molecule has 1 aromatic carbocycles. The van der Waals surface area contributed by atoms with Crippen LogP contribution in [0.15, 0.2) is 24.3 Å². The predicted molar refractivity (Wildman–Crippen MR) is 169 cm³/mol. The fraction of sp³-hybridized carbons (Fsp3) is 0.719. The lowest BCUT2D eigenvalue weighted by Gasteiger charge is -2.48. The van der Waals surface area contributed by atoms with Gasteiger partial charge in [-0.3, -0.25) is 19.2 Å². The van der Waals surface area contributed by atoms with E-state index < -0.39 is 47.6 Å². The minimum absolute atomic E-state index is 0.0431. The minimum atomic E-state index is -1.28. The van der Waals surface area contributed by atoms with Crippen molar-refractivity contribution in [2.45, 2.75) is 121 Å². The number of aliphatic hydroxyl groups excluding tert-OH is 1. The maximum Gasteiger partial charge on any atom is 0.327 e. The second-order valence-electron chi connectivity index (χ2n) is 12.4. The van der Waals surface area contributed by atoms with Crippen LogP contribution < -0.4 is 10.6 Å². The van der Waals surface area contributed by atoms with E-state index in [-0.39, 0.29) is 50.9 Å². The van der Waals surface area contributed by atoms with E-state index in [4.69, 9.17) is 24.2 Å². The molecule has 3 aliphatic heterocycles. The molecular formula is C32H46IN3O8. The number of ether oxygens (including phenoxy) is 3. The lowest BCUT2D eigenvalue weighted by atomic mass is 9.62. The van der Waals surface area contributed by atoms with Gasteiger partial charge in [-0.2, -0.15) is 5.06 Å². The molecule has 1 aromatic rings. The van der Waals surface area contributed by atoms with Gasteiger partial charge in [0.2, 0.25) is 11.8 Å². The lowest BCUT2D eigenvalue weighted by molar-refractivity contribution is -0.224. The van der Waals surface area contributed by atoms with Crippen molar-refractivity contribution in [1.29, 1.82) is 0 Å². The third-order valence-corrected chi connectivity index (χ3v) is 10.4. The summed E-state index contributed by atoms with van der Waals surface area (Å²) >= 11 is 2.26. The van der Waals surface area contributed by atoms with Crippen molar-refractivity contribution in [2.24, 2.45) is 5.41 Å². The molecule has 3 N–H and O–H groups in total. The third kappa shape index (κ3) is 6.66. The van der Waals surface area contributed by atoms with Gasteiger partial charge >= 0.3 is 5.97 Å². The van der Waals surface area contributed by atoms with Gasteiger partial charge in [-0.15, -0.1) is 0 Å². The van der Waals surface area contributed by atoms with Gasteiger partial charge in [-0.25, -0.2) is 0 Å². The van der Waals surface area contributed by atoms with E-state index >= 15 is 0 Å². The second kappa shape index (κ2) is 14.7. The monoisotopic (exact) mass is 727 g/mol. The van der Waals surface area contributed by atoms with Gasteiger partial charge in [0.1, 0.15) is 29.8 Å². The van der Waals surface area contributed by atoms with Crippen LogP contribution in [0.5, 0.6) is 0 Å². The van der Waals surface area contributed by atoms with E-state index in [0.717, 1.165) is 60.5 Å². The minimum Gasteiger partial charge on any atom is -0.458 e. The summed E-state index contributed by atoms with van der Waals surface area (Å²) in [6.07, 6.45) is 5.30. The van der Waals surface area contributed by atoms with Crippen LogP contribution in [0.2, 0.25) is 0 Å². The molecule has 4 fully saturated rings. The van der Waals surface area contributed by atoms with E-state index in [2.05, 4.69) is 47.1 Å². The Morgan fingerprint density at radius 3 is 2.41 bits per heavy atom. The summed E-state index contributed by atoms with van der Waals surface area (Å²) in [5.74, 6) is -1.97. The van der Waals surface area contributed by atoms with Crippen LogP contribution in [-0.4, -0.2) is 83.9 Å². The van der Waals surface area contributed by atoms with E-state index in [1.165, 1.54) is 0 Å². The normalized spacial score (nSPS) is 30.1. The molecule has 3 heterocycles. The molecule has 1 saturated carbocycles. The molecule has 3 saturated heterocycles. The summed E-state index contributed by atoms with van der Waals surface area (Å²) in [6.45, 7) is 4.68. The van der Waals surface area contributed by atoms with Crippen LogP contribution in [0.1, 0.15) is 83.6 Å². The summed E-state index contributed by atoms with van der Waals surface area (Å²) in [7, 11) is 0. The van der Waals surface area contributed by atoms with E-state index in [1.807, 2.05) is 24.3 Å². The van der Waals surface area contributed by atoms with Gasteiger partial charge in [-0.05, 0) is 47.1 Å². The summed E-state index contributed by atoms with van der Waals surface area (Å²) < 4.78 is 20.8. The van der Waals surface area contributed by atoms with Gasteiger partial charge in [0.15, 0.2) is 11.8 Å². The number of aliphatic hydroxyl groups is 1. The summed E-state index contributed by atoms with van der Waals surface area (Å²) in [6, 6.07) is 6.87. The Bertz CT molecular complexity index is 1180. The SMILES string of the molecule is CCCCCC1(CCCCC)O[C@@H]2[C@H]3ON(Cc4ccccc4I)[C@H]4C(=O)OC(CC34C(=O)NCCC(=O)NCCO)[C@@H]2O1. The van der Waals surface area contributed by atoms with Crippen LogP contribution in [0.4, 0.5) is 0 Å². The Labute approximate surface area is 273 Å². The first-order valence-electron chi connectivity index (χ1n) is 16.2. The molecule has 11 nitrogen and oxygen atoms in total. The van der Waals surface area contributed by atoms with E-state index in [9.17, 15) is 14.4 Å². The maximum atomic E-state index is 14.3. The standard InChI is InChI=1S/C32H46IN3O8/c1-3-5-9-14-31(15-10-6-4-2)42-25-23-19-32(30(40)35-16-13-24(38)34-17-18-37)27(29(39)41-23)36(44-28(32)26(25)43-31)20-21-11-7-8-12-22(21)33/h7-8,11-12,23,25-28,37H,3-6,9-10,13-20H2,1-2H3,(H,34,38)(H,35,40)/t23?,25-,26-,27-,28+,32?/m0/s1. The lowest BCUT2D eigenvalue weighted by Crippen LogP contribution is -2.69. The van der Waals surface area contributed by atoms with Crippen molar-refractivity contribution >= 4 is 40.4 Å². The average Bonchev–Trinajstić information content (AvgIpc) is 3.56. The molecule has 2 bridgehead atoms. The first kappa shape index (κ1) is 33.5. The smallest absolute Gasteiger partial charge is 0.327 e. The maximum absolute atomic E-state index is 14.3. The highest BCUT2D eigenvalue weighted by molar-refractivity contribution is 14.1. The highest BCUT2D eigenvalue weighted by Crippen LogP contribution is 2.58. The number of benzene rings is 1.